The standard InChI is InChI=1S/C26H26N2O5S/c1-4-31-22(26(29)30)14-18-5-11-21(12-6-18)32-15-24-16(2)13-23(34-24)19-7-9-20(10-8-19)25-27-17(3)33-28-25/h5-13,22H,4,14-15H2,1-3H3,(H,29,30). The summed E-state index contributed by atoms with van der Waals surface area (Å²) in [6, 6.07) is 17.8. The van der Waals surface area contributed by atoms with Gasteiger partial charge in [0.05, 0.1) is 0 Å². The molecule has 0 spiro atoms. The Kier molecular flexibility index (Phi) is 7.40. The molecule has 2 heterocycles. The molecule has 7 nitrogen and oxygen atoms in total. The molecule has 2 aromatic heterocycles. The number of nitrogens with zero attached hydrogens (tertiary/aromatic N) is 2. The van der Waals surface area contributed by atoms with Crippen LogP contribution in [0.2, 0.25) is 0 Å². The van der Waals surface area contributed by atoms with Crippen LogP contribution in [0.25, 0.3) is 21.8 Å². The molecule has 0 amide bonds. The number of benzene rings is 2. The molecule has 0 saturated carbocycles. The highest BCUT2D eigenvalue weighted by Crippen LogP contribution is 2.33. The highest BCUT2D eigenvalue weighted by molar-refractivity contribution is 7.15. The van der Waals surface area contributed by atoms with Crippen molar-refractivity contribution < 1.29 is 23.9 Å². The van der Waals surface area contributed by atoms with Crippen LogP contribution in [-0.2, 0) is 22.6 Å². The van der Waals surface area contributed by atoms with Crippen LogP contribution in [0, 0.1) is 13.8 Å². The van der Waals surface area contributed by atoms with E-state index < -0.39 is 12.1 Å². The van der Waals surface area contributed by atoms with Crippen molar-refractivity contribution in [2.24, 2.45) is 0 Å². The zero-order valence-corrected chi connectivity index (χ0v) is 20.1. The maximum atomic E-state index is 11.3. The number of ether oxygens (including phenoxy) is 2. The van der Waals surface area contributed by atoms with Crippen LogP contribution in [0.3, 0.4) is 0 Å². The lowest BCUT2D eigenvalue weighted by Gasteiger charge is -2.13. The van der Waals surface area contributed by atoms with Gasteiger partial charge in [0.15, 0.2) is 6.10 Å². The van der Waals surface area contributed by atoms with Gasteiger partial charge in [-0.2, -0.15) is 4.98 Å². The third kappa shape index (κ3) is 5.70. The summed E-state index contributed by atoms with van der Waals surface area (Å²) in [6.07, 6.45) is -0.517. The van der Waals surface area contributed by atoms with E-state index in [-0.39, 0.29) is 0 Å². The van der Waals surface area contributed by atoms with Crippen molar-refractivity contribution >= 4 is 17.3 Å². The lowest BCUT2D eigenvalue weighted by Crippen LogP contribution is -2.26. The minimum Gasteiger partial charge on any atom is -0.488 e. The van der Waals surface area contributed by atoms with Crippen LogP contribution < -0.4 is 4.74 Å². The van der Waals surface area contributed by atoms with Crippen molar-refractivity contribution in [2.45, 2.75) is 39.9 Å². The number of carboxylic acids is 1. The lowest BCUT2D eigenvalue weighted by molar-refractivity contribution is -0.149. The zero-order valence-electron chi connectivity index (χ0n) is 19.3. The monoisotopic (exact) mass is 478 g/mol. The fourth-order valence-electron chi connectivity index (χ4n) is 3.51. The van der Waals surface area contributed by atoms with Crippen LogP contribution in [0.1, 0.15) is 28.8 Å². The average molecular weight is 479 g/mol. The summed E-state index contributed by atoms with van der Waals surface area (Å²) < 4.78 is 16.3. The summed E-state index contributed by atoms with van der Waals surface area (Å²) in [5.74, 6) is 0.914. The van der Waals surface area contributed by atoms with E-state index in [9.17, 15) is 9.90 Å². The molecule has 1 atom stereocenters. The van der Waals surface area contributed by atoms with Crippen molar-refractivity contribution in [2.75, 3.05) is 6.61 Å². The number of carboxylic acid groups (broad SMARTS) is 1. The second-order valence-corrected chi connectivity index (χ2v) is 8.99. The molecule has 176 valence electrons. The van der Waals surface area contributed by atoms with E-state index in [0.717, 1.165) is 32.2 Å². The van der Waals surface area contributed by atoms with E-state index in [0.29, 0.717) is 31.3 Å². The summed E-state index contributed by atoms with van der Waals surface area (Å²) in [5, 5.41) is 13.2. The van der Waals surface area contributed by atoms with Gasteiger partial charge < -0.3 is 19.1 Å². The van der Waals surface area contributed by atoms with E-state index in [2.05, 4.69) is 35.3 Å². The molecule has 0 aliphatic heterocycles. The van der Waals surface area contributed by atoms with E-state index in [4.69, 9.17) is 14.0 Å². The van der Waals surface area contributed by atoms with Gasteiger partial charge in [-0.1, -0.05) is 41.6 Å². The number of aliphatic carboxylic acids is 1. The van der Waals surface area contributed by atoms with Crippen molar-refractivity contribution in [1.82, 2.24) is 10.1 Å². The van der Waals surface area contributed by atoms with Gasteiger partial charge in [-0.15, -0.1) is 11.3 Å². The first-order valence-corrected chi connectivity index (χ1v) is 11.8. The quantitative estimate of drug-likeness (QED) is 0.313. The molecule has 0 aliphatic rings. The van der Waals surface area contributed by atoms with Gasteiger partial charge in [-0.25, -0.2) is 4.79 Å². The number of rotatable bonds is 10. The molecule has 0 bridgehead atoms. The third-order valence-corrected chi connectivity index (χ3v) is 6.59. The topological polar surface area (TPSA) is 94.7 Å². The molecule has 0 fully saturated rings. The predicted octanol–water partition coefficient (Wildman–Crippen LogP) is 5.69. The van der Waals surface area contributed by atoms with Gasteiger partial charge in [-0.3, -0.25) is 0 Å². The molecule has 8 heteroatoms. The molecule has 0 aliphatic carbocycles. The summed E-state index contributed by atoms with van der Waals surface area (Å²) in [7, 11) is 0. The Hall–Kier alpha value is -3.49. The number of aromatic nitrogens is 2. The van der Waals surface area contributed by atoms with Gasteiger partial charge in [-0.05, 0) is 48.7 Å². The van der Waals surface area contributed by atoms with E-state index >= 15 is 0 Å². The maximum Gasteiger partial charge on any atom is 0.333 e. The Morgan fingerprint density at radius 3 is 2.41 bits per heavy atom. The van der Waals surface area contributed by atoms with Crippen LogP contribution in [0.15, 0.2) is 59.1 Å². The normalized spacial score (nSPS) is 12.0. The maximum absolute atomic E-state index is 11.3. The Balaban J connectivity index is 1.38. The lowest BCUT2D eigenvalue weighted by atomic mass is 10.1. The van der Waals surface area contributed by atoms with Gasteiger partial charge in [0.1, 0.15) is 12.4 Å². The molecule has 4 rings (SSSR count). The van der Waals surface area contributed by atoms with Gasteiger partial charge in [0.2, 0.25) is 11.7 Å². The SMILES string of the molecule is CCOC(Cc1ccc(OCc2sc(-c3ccc(-c4noc(C)n4)cc3)cc2C)cc1)C(=O)O. The fraction of sp³-hybridized carbons (Fsp3) is 0.269. The fourth-order valence-corrected chi connectivity index (χ4v) is 4.60. The van der Waals surface area contributed by atoms with Crippen molar-refractivity contribution in [3.8, 4) is 27.6 Å². The van der Waals surface area contributed by atoms with E-state index in [1.54, 1.807) is 25.2 Å². The van der Waals surface area contributed by atoms with Crippen LogP contribution in [-0.4, -0.2) is 33.9 Å². The summed E-state index contributed by atoms with van der Waals surface area (Å²) in [4.78, 5) is 17.9. The molecule has 4 aromatic rings. The number of hydrogen-bond acceptors (Lipinski definition) is 7. The second kappa shape index (κ2) is 10.6. The molecular weight excluding hydrogens is 452 g/mol. The molecule has 0 saturated heterocycles. The van der Waals surface area contributed by atoms with Crippen molar-refractivity contribution in [1.29, 1.82) is 0 Å². The zero-order chi connectivity index (χ0) is 24.1. The molecular formula is C26H26N2O5S. The van der Waals surface area contributed by atoms with Gasteiger partial charge in [0, 0.05) is 35.3 Å². The van der Waals surface area contributed by atoms with E-state index in [1.165, 1.54) is 5.56 Å². The van der Waals surface area contributed by atoms with Crippen LogP contribution in [0.4, 0.5) is 0 Å². The highest BCUT2D eigenvalue weighted by atomic mass is 32.1. The number of thiophene rings is 1. The predicted molar refractivity (Wildman–Crippen MR) is 130 cm³/mol. The Morgan fingerprint density at radius 2 is 1.79 bits per heavy atom. The number of hydrogen-bond donors (Lipinski definition) is 1. The average Bonchev–Trinajstić information content (AvgIpc) is 3.43. The van der Waals surface area contributed by atoms with Crippen molar-refractivity contribution in [3.63, 3.8) is 0 Å². The van der Waals surface area contributed by atoms with Gasteiger partial charge in [0.25, 0.3) is 0 Å². The molecule has 0 radical (unpaired) electrons. The first-order chi connectivity index (χ1) is 16.4. The van der Waals surface area contributed by atoms with E-state index in [1.807, 2.05) is 36.4 Å². The highest BCUT2D eigenvalue weighted by Gasteiger charge is 2.18. The molecule has 34 heavy (non-hydrogen) atoms. The smallest absolute Gasteiger partial charge is 0.333 e. The first-order valence-electron chi connectivity index (χ1n) is 11.0. The Labute approximate surface area is 202 Å². The molecule has 1 N–H and O–H groups in total. The second-order valence-electron chi connectivity index (χ2n) is 7.85. The number of carbonyl (C=O) groups is 1. The van der Waals surface area contributed by atoms with Crippen molar-refractivity contribution in [3.05, 3.63) is 76.5 Å². The van der Waals surface area contributed by atoms with Crippen LogP contribution in [0.5, 0.6) is 5.75 Å². The Morgan fingerprint density at radius 1 is 1.09 bits per heavy atom. The summed E-state index contributed by atoms with van der Waals surface area (Å²) in [5.41, 5.74) is 4.10. The summed E-state index contributed by atoms with van der Waals surface area (Å²) in [6.45, 7) is 6.47. The third-order valence-electron chi connectivity index (χ3n) is 5.33. The molecule has 2 aromatic carbocycles. The summed E-state index contributed by atoms with van der Waals surface area (Å²) >= 11 is 1.70. The molecule has 1 unspecified atom stereocenters. The number of aryl methyl sites for hydroxylation is 2. The minimum absolute atomic E-state index is 0.321. The van der Waals surface area contributed by atoms with Gasteiger partial charge >= 0.3 is 5.97 Å². The Bertz CT molecular complexity index is 1250. The first kappa shape index (κ1) is 23.7. The largest absolute Gasteiger partial charge is 0.488 e. The van der Waals surface area contributed by atoms with Crippen LogP contribution >= 0.6 is 11.3 Å². The minimum atomic E-state index is -0.953.